The Morgan fingerprint density at radius 1 is 1.14 bits per heavy atom. The van der Waals surface area contributed by atoms with Gasteiger partial charge in [-0.15, -0.1) is 0 Å². The summed E-state index contributed by atoms with van der Waals surface area (Å²) in [4.78, 5) is 2.54. The summed E-state index contributed by atoms with van der Waals surface area (Å²) in [5, 5.41) is 0.810. The number of hydrogen-bond donors (Lipinski definition) is 0. The predicted octanol–water partition coefficient (Wildman–Crippen LogP) is 4.34. The molecule has 0 atom stereocenters. The smallest absolute Gasteiger partial charge is 0.122 e. The number of hydrogen-bond acceptors (Lipinski definition) is 2. The maximum Gasteiger partial charge on any atom is 0.122 e. The topological polar surface area (TPSA) is 12.5 Å². The van der Waals surface area contributed by atoms with Crippen molar-refractivity contribution in [1.82, 2.24) is 4.90 Å². The van der Waals surface area contributed by atoms with Crippen LogP contribution in [0.3, 0.4) is 0 Å². The Bertz CT molecular complexity index is 624. The summed E-state index contributed by atoms with van der Waals surface area (Å²) in [7, 11) is 1.76. The van der Waals surface area contributed by atoms with Gasteiger partial charge in [-0.25, -0.2) is 0 Å². The summed E-state index contributed by atoms with van der Waals surface area (Å²) in [6.07, 6.45) is 3.37. The monoisotopic (exact) mass is 315 g/mol. The van der Waals surface area contributed by atoms with E-state index in [0.29, 0.717) is 0 Å². The third-order valence-electron chi connectivity index (χ3n) is 4.38. The highest BCUT2D eigenvalue weighted by Crippen LogP contribution is 2.27. The third-order valence-corrected chi connectivity index (χ3v) is 4.63. The van der Waals surface area contributed by atoms with Gasteiger partial charge in [-0.05, 0) is 60.7 Å². The maximum absolute atomic E-state index is 5.92. The van der Waals surface area contributed by atoms with Gasteiger partial charge < -0.3 is 4.74 Å². The molecule has 0 spiro atoms. The van der Waals surface area contributed by atoms with Gasteiger partial charge in [-0.3, -0.25) is 4.90 Å². The minimum absolute atomic E-state index is 0.810. The molecule has 0 bridgehead atoms. The molecule has 0 aliphatic carbocycles. The zero-order valence-electron chi connectivity index (χ0n) is 13.0. The normalized spacial score (nSPS) is 14.6. The van der Waals surface area contributed by atoms with Gasteiger partial charge in [-0.2, -0.15) is 0 Å². The summed E-state index contributed by atoms with van der Waals surface area (Å²) in [5.74, 6) is 1.04. The van der Waals surface area contributed by atoms with Crippen molar-refractivity contribution in [2.75, 3.05) is 20.2 Å². The van der Waals surface area contributed by atoms with Crippen LogP contribution < -0.4 is 4.74 Å². The van der Waals surface area contributed by atoms with E-state index in [0.717, 1.165) is 43.2 Å². The number of aryl methyl sites for hydroxylation is 1. The Labute approximate surface area is 137 Å². The molecule has 3 rings (SSSR count). The van der Waals surface area contributed by atoms with Gasteiger partial charge in [0.15, 0.2) is 0 Å². The first-order valence-corrected chi connectivity index (χ1v) is 8.25. The number of fused-ring (bicyclic) bond motifs is 1. The quantitative estimate of drug-likeness (QED) is 0.814. The Balaban J connectivity index is 1.53. The summed E-state index contributed by atoms with van der Waals surface area (Å²) in [5.41, 5.74) is 4.17. The van der Waals surface area contributed by atoms with Crippen molar-refractivity contribution in [1.29, 1.82) is 0 Å². The lowest BCUT2D eigenvalue weighted by Crippen LogP contribution is -2.31. The first-order chi connectivity index (χ1) is 10.8. The number of rotatable bonds is 5. The van der Waals surface area contributed by atoms with Crippen molar-refractivity contribution in [2.45, 2.75) is 25.8 Å². The molecular weight excluding hydrogens is 294 g/mol. The molecule has 116 valence electrons. The van der Waals surface area contributed by atoms with Crippen LogP contribution in [0.5, 0.6) is 5.75 Å². The van der Waals surface area contributed by atoms with E-state index in [1.54, 1.807) is 7.11 Å². The van der Waals surface area contributed by atoms with Gasteiger partial charge in [-0.1, -0.05) is 35.9 Å². The van der Waals surface area contributed by atoms with Gasteiger partial charge in [0, 0.05) is 18.1 Å². The van der Waals surface area contributed by atoms with Crippen molar-refractivity contribution >= 4 is 11.6 Å². The van der Waals surface area contributed by atoms with Crippen LogP contribution in [0.4, 0.5) is 0 Å². The summed E-state index contributed by atoms with van der Waals surface area (Å²) < 4.78 is 5.47. The molecule has 1 aliphatic rings. The Morgan fingerprint density at radius 2 is 1.95 bits per heavy atom. The van der Waals surface area contributed by atoms with Crippen LogP contribution in [0.2, 0.25) is 5.02 Å². The average Bonchev–Trinajstić information content (AvgIpc) is 2.56. The van der Waals surface area contributed by atoms with E-state index in [1.807, 2.05) is 12.1 Å². The molecule has 0 saturated heterocycles. The number of ether oxygens (including phenoxy) is 1. The average molecular weight is 316 g/mol. The summed E-state index contributed by atoms with van der Waals surface area (Å²) >= 11 is 5.92. The van der Waals surface area contributed by atoms with Gasteiger partial charge in [0.05, 0.1) is 7.11 Å². The van der Waals surface area contributed by atoms with E-state index in [4.69, 9.17) is 16.3 Å². The molecule has 22 heavy (non-hydrogen) atoms. The Hall–Kier alpha value is -1.51. The number of nitrogens with zero attached hydrogens (tertiary/aromatic N) is 1. The lowest BCUT2D eigenvalue weighted by Gasteiger charge is -2.29. The molecule has 2 aromatic carbocycles. The Kier molecular flexibility index (Phi) is 5.01. The lowest BCUT2D eigenvalue weighted by molar-refractivity contribution is 0.248. The van der Waals surface area contributed by atoms with Crippen molar-refractivity contribution in [3.63, 3.8) is 0 Å². The fourth-order valence-corrected chi connectivity index (χ4v) is 3.30. The highest BCUT2D eigenvalue weighted by Gasteiger charge is 2.18. The van der Waals surface area contributed by atoms with Crippen LogP contribution in [-0.2, 0) is 19.4 Å². The predicted molar refractivity (Wildman–Crippen MR) is 91.7 cm³/mol. The zero-order valence-corrected chi connectivity index (χ0v) is 13.8. The number of methoxy groups -OCH3 is 1. The van der Waals surface area contributed by atoms with E-state index in [9.17, 15) is 0 Å². The molecule has 3 heteroatoms. The van der Waals surface area contributed by atoms with Crippen LogP contribution in [0.1, 0.15) is 23.1 Å². The highest BCUT2D eigenvalue weighted by molar-refractivity contribution is 6.30. The van der Waals surface area contributed by atoms with Crippen LogP contribution in [-0.4, -0.2) is 25.1 Å². The molecule has 1 heterocycles. The minimum Gasteiger partial charge on any atom is -0.496 e. The SMILES string of the molecule is COc1cccc2c1CCN(CCCc1ccc(Cl)cc1)C2. The van der Waals surface area contributed by atoms with Crippen LogP contribution in [0.15, 0.2) is 42.5 Å². The fraction of sp³-hybridized carbons (Fsp3) is 0.368. The summed E-state index contributed by atoms with van der Waals surface area (Å²) in [6, 6.07) is 14.6. The molecule has 2 aromatic rings. The molecule has 0 saturated carbocycles. The van der Waals surface area contributed by atoms with E-state index >= 15 is 0 Å². The molecule has 0 aromatic heterocycles. The van der Waals surface area contributed by atoms with E-state index in [1.165, 1.54) is 23.1 Å². The molecule has 0 unspecified atom stereocenters. The largest absolute Gasteiger partial charge is 0.496 e. The molecule has 0 fully saturated rings. The molecular formula is C19H22ClNO. The first kappa shape index (κ1) is 15.4. The van der Waals surface area contributed by atoms with E-state index < -0.39 is 0 Å². The zero-order chi connectivity index (χ0) is 15.4. The molecule has 0 amide bonds. The standard InChI is InChI=1S/C19H22ClNO/c1-22-19-6-2-5-16-14-21(13-11-18(16)19)12-3-4-15-7-9-17(20)10-8-15/h2,5-10H,3-4,11-14H2,1H3. The minimum atomic E-state index is 0.810. The van der Waals surface area contributed by atoms with Crippen LogP contribution in [0, 0.1) is 0 Å². The van der Waals surface area contributed by atoms with Gasteiger partial charge in [0.1, 0.15) is 5.75 Å². The van der Waals surface area contributed by atoms with Gasteiger partial charge in [0.25, 0.3) is 0 Å². The van der Waals surface area contributed by atoms with E-state index in [-0.39, 0.29) is 0 Å². The Morgan fingerprint density at radius 3 is 2.73 bits per heavy atom. The molecule has 2 nitrogen and oxygen atoms in total. The number of benzene rings is 2. The van der Waals surface area contributed by atoms with Crippen molar-refractivity contribution < 1.29 is 4.74 Å². The van der Waals surface area contributed by atoms with Crippen molar-refractivity contribution in [2.24, 2.45) is 0 Å². The second-order valence-electron chi connectivity index (χ2n) is 5.85. The van der Waals surface area contributed by atoms with E-state index in [2.05, 4.69) is 35.2 Å². The van der Waals surface area contributed by atoms with Crippen molar-refractivity contribution in [3.05, 3.63) is 64.2 Å². The van der Waals surface area contributed by atoms with Crippen LogP contribution in [0.25, 0.3) is 0 Å². The number of halogens is 1. The molecule has 0 N–H and O–H groups in total. The fourth-order valence-electron chi connectivity index (χ4n) is 3.17. The summed E-state index contributed by atoms with van der Waals surface area (Å²) in [6.45, 7) is 3.29. The van der Waals surface area contributed by atoms with Crippen molar-refractivity contribution in [3.8, 4) is 5.75 Å². The lowest BCUT2D eigenvalue weighted by atomic mass is 9.98. The maximum atomic E-state index is 5.92. The second kappa shape index (κ2) is 7.17. The third kappa shape index (κ3) is 3.63. The first-order valence-electron chi connectivity index (χ1n) is 7.88. The van der Waals surface area contributed by atoms with Gasteiger partial charge in [0.2, 0.25) is 0 Å². The van der Waals surface area contributed by atoms with Gasteiger partial charge >= 0.3 is 0 Å². The van der Waals surface area contributed by atoms with Crippen LogP contribution >= 0.6 is 11.6 Å². The molecule has 0 radical (unpaired) electrons. The molecule has 1 aliphatic heterocycles. The second-order valence-corrected chi connectivity index (χ2v) is 6.29. The highest BCUT2D eigenvalue weighted by atomic mass is 35.5.